The lowest BCUT2D eigenvalue weighted by Gasteiger charge is -2.31. The molecule has 1 atom stereocenters. The largest absolute Gasteiger partial charge is 0.497 e. The number of rotatable bonds is 4. The van der Waals surface area contributed by atoms with E-state index in [4.69, 9.17) is 4.74 Å². The maximum absolute atomic E-state index is 13.0. The smallest absolute Gasteiger partial charge is 0.243 e. The molecule has 1 aliphatic rings. The molecule has 0 spiro atoms. The van der Waals surface area contributed by atoms with E-state index in [9.17, 15) is 8.42 Å². The number of benzene rings is 2. The third-order valence-electron chi connectivity index (χ3n) is 4.88. The van der Waals surface area contributed by atoms with E-state index in [1.165, 1.54) is 0 Å². The molecular weight excluding hydrogens is 350 g/mol. The lowest BCUT2D eigenvalue weighted by atomic mass is 9.99. The number of methoxy groups -OCH3 is 1. The van der Waals surface area contributed by atoms with Crippen LogP contribution in [0.25, 0.3) is 11.0 Å². The number of nitrogens with zero attached hydrogens (tertiary/aromatic N) is 2. The van der Waals surface area contributed by atoms with Crippen LogP contribution in [0.5, 0.6) is 5.75 Å². The normalized spacial score (nSPS) is 18.9. The van der Waals surface area contributed by atoms with Crippen molar-refractivity contribution in [3.63, 3.8) is 0 Å². The van der Waals surface area contributed by atoms with Crippen molar-refractivity contribution >= 4 is 21.1 Å². The van der Waals surface area contributed by atoms with Crippen LogP contribution in [0.3, 0.4) is 0 Å². The summed E-state index contributed by atoms with van der Waals surface area (Å²) in [6.45, 7) is 0.972. The third kappa shape index (κ3) is 3.08. The Kier molecular flexibility index (Phi) is 4.42. The summed E-state index contributed by atoms with van der Waals surface area (Å²) in [6.07, 6.45) is 1.74. The van der Waals surface area contributed by atoms with Crippen molar-refractivity contribution in [2.75, 3.05) is 20.2 Å². The lowest BCUT2D eigenvalue weighted by Crippen LogP contribution is -2.39. The first kappa shape index (κ1) is 17.1. The Morgan fingerprint density at radius 3 is 2.65 bits per heavy atom. The highest BCUT2D eigenvalue weighted by atomic mass is 32.2. The van der Waals surface area contributed by atoms with Gasteiger partial charge in [-0.15, -0.1) is 0 Å². The minimum Gasteiger partial charge on any atom is -0.497 e. The Bertz CT molecular complexity index is 979. The van der Waals surface area contributed by atoms with Gasteiger partial charge in [-0.3, -0.25) is 0 Å². The van der Waals surface area contributed by atoms with E-state index in [2.05, 4.69) is 9.97 Å². The second-order valence-electron chi connectivity index (χ2n) is 6.52. The molecule has 1 unspecified atom stereocenters. The van der Waals surface area contributed by atoms with Crippen LogP contribution in [0.2, 0.25) is 0 Å². The first-order chi connectivity index (χ1) is 12.6. The number of sulfonamides is 1. The first-order valence-corrected chi connectivity index (χ1v) is 10.1. The highest BCUT2D eigenvalue weighted by Gasteiger charge is 2.32. The van der Waals surface area contributed by atoms with Crippen LogP contribution in [0.1, 0.15) is 24.6 Å². The van der Waals surface area contributed by atoms with Crippen molar-refractivity contribution < 1.29 is 13.2 Å². The van der Waals surface area contributed by atoms with Crippen LogP contribution >= 0.6 is 0 Å². The van der Waals surface area contributed by atoms with Gasteiger partial charge in [-0.25, -0.2) is 13.4 Å². The van der Waals surface area contributed by atoms with E-state index >= 15 is 0 Å². The minimum absolute atomic E-state index is 0.0733. The summed E-state index contributed by atoms with van der Waals surface area (Å²) < 4.78 is 32.7. The molecule has 0 saturated carbocycles. The monoisotopic (exact) mass is 371 g/mol. The summed E-state index contributed by atoms with van der Waals surface area (Å²) in [6, 6.07) is 14.4. The predicted octanol–water partition coefficient (Wildman–Crippen LogP) is 3.14. The van der Waals surface area contributed by atoms with Crippen LogP contribution in [0.4, 0.5) is 0 Å². The summed E-state index contributed by atoms with van der Waals surface area (Å²) >= 11 is 0. The Labute approximate surface area is 152 Å². The number of ether oxygens (including phenoxy) is 1. The molecule has 1 aromatic heterocycles. The zero-order valence-corrected chi connectivity index (χ0v) is 15.4. The summed E-state index contributed by atoms with van der Waals surface area (Å²) in [5.41, 5.74) is 1.90. The van der Waals surface area contributed by atoms with Gasteiger partial charge < -0.3 is 9.72 Å². The predicted molar refractivity (Wildman–Crippen MR) is 99.8 cm³/mol. The van der Waals surface area contributed by atoms with Crippen molar-refractivity contribution in [3.05, 3.63) is 54.4 Å². The number of hydrogen-bond acceptors (Lipinski definition) is 4. The van der Waals surface area contributed by atoms with Gasteiger partial charge in [-0.2, -0.15) is 4.31 Å². The Morgan fingerprint density at radius 1 is 1.15 bits per heavy atom. The zero-order chi connectivity index (χ0) is 18.1. The van der Waals surface area contributed by atoms with Crippen LogP contribution < -0.4 is 4.74 Å². The fourth-order valence-electron chi connectivity index (χ4n) is 3.45. The number of nitrogens with one attached hydrogen (secondary N) is 1. The zero-order valence-electron chi connectivity index (χ0n) is 14.6. The molecule has 0 radical (unpaired) electrons. The molecule has 6 nitrogen and oxygen atoms in total. The second kappa shape index (κ2) is 6.74. The molecule has 0 amide bonds. The molecule has 1 fully saturated rings. The average Bonchev–Trinajstić information content (AvgIpc) is 3.12. The van der Waals surface area contributed by atoms with Gasteiger partial charge in [0.25, 0.3) is 0 Å². The van der Waals surface area contributed by atoms with Crippen molar-refractivity contribution in [2.24, 2.45) is 0 Å². The quantitative estimate of drug-likeness (QED) is 0.764. The molecule has 4 rings (SSSR count). The number of hydrogen-bond donors (Lipinski definition) is 1. The number of fused-ring (bicyclic) bond motifs is 1. The number of para-hydroxylation sites is 2. The third-order valence-corrected chi connectivity index (χ3v) is 6.76. The van der Waals surface area contributed by atoms with Crippen molar-refractivity contribution in [3.8, 4) is 5.75 Å². The maximum Gasteiger partial charge on any atom is 0.243 e. The van der Waals surface area contributed by atoms with Crippen LogP contribution in [-0.4, -0.2) is 42.9 Å². The number of aromatic amines is 1. The standard InChI is InChI=1S/C19H21N3O3S/c1-25-15-8-10-16(11-9-15)26(23,24)22-12-4-5-14(13-22)19-20-17-6-2-3-7-18(17)21-19/h2-3,6-11,14H,4-5,12-13H2,1H3,(H,20,21). The Morgan fingerprint density at radius 2 is 1.92 bits per heavy atom. The minimum atomic E-state index is -3.52. The first-order valence-electron chi connectivity index (χ1n) is 8.67. The number of imidazole rings is 1. The maximum atomic E-state index is 13.0. The van der Waals surface area contributed by atoms with Gasteiger partial charge in [-0.05, 0) is 49.2 Å². The van der Waals surface area contributed by atoms with E-state index < -0.39 is 10.0 Å². The van der Waals surface area contributed by atoms with Gasteiger partial charge >= 0.3 is 0 Å². The highest BCUT2D eigenvalue weighted by Crippen LogP contribution is 2.30. The van der Waals surface area contributed by atoms with Crippen LogP contribution in [0.15, 0.2) is 53.4 Å². The Balaban J connectivity index is 1.59. The molecular formula is C19H21N3O3S. The van der Waals surface area contributed by atoms with E-state index in [-0.39, 0.29) is 5.92 Å². The lowest BCUT2D eigenvalue weighted by molar-refractivity contribution is 0.310. The van der Waals surface area contributed by atoms with Crippen molar-refractivity contribution in [1.29, 1.82) is 0 Å². The number of piperidine rings is 1. The van der Waals surface area contributed by atoms with Gasteiger partial charge in [0.1, 0.15) is 11.6 Å². The van der Waals surface area contributed by atoms with Crippen LogP contribution in [-0.2, 0) is 10.0 Å². The van der Waals surface area contributed by atoms with Gasteiger partial charge in [0, 0.05) is 19.0 Å². The van der Waals surface area contributed by atoms with E-state index in [0.29, 0.717) is 23.7 Å². The summed E-state index contributed by atoms with van der Waals surface area (Å²) in [7, 11) is -1.96. The van der Waals surface area contributed by atoms with Gasteiger partial charge in [-0.1, -0.05) is 12.1 Å². The second-order valence-corrected chi connectivity index (χ2v) is 8.45. The SMILES string of the molecule is COc1ccc(S(=O)(=O)N2CCCC(c3nc4ccccc4[nH]3)C2)cc1. The number of aromatic nitrogens is 2. The van der Waals surface area contributed by atoms with E-state index in [0.717, 1.165) is 29.7 Å². The summed E-state index contributed by atoms with van der Waals surface area (Å²) in [5, 5.41) is 0. The highest BCUT2D eigenvalue weighted by molar-refractivity contribution is 7.89. The Hall–Kier alpha value is -2.38. The summed E-state index contributed by atoms with van der Waals surface area (Å²) in [4.78, 5) is 8.29. The van der Waals surface area contributed by atoms with Gasteiger partial charge in [0.2, 0.25) is 10.0 Å². The molecule has 7 heteroatoms. The van der Waals surface area contributed by atoms with E-state index in [1.807, 2.05) is 24.3 Å². The molecule has 0 aliphatic carbocycles. The number of H-pyrrole nitrogens is 1. The molecule has 136 valence electrons. The molecule has 0 bridgehead atoms. The van der Waals surface area contributed by atoms with Crippen molar-refractivity contribution in [2.45, 2.75) is 23.7 Å². The molecule has 26 heavy (non-hydrogen) atoms. The average molecular weight is 371 g/mol. The van der Waals surface area contributed by atoms with Gasteiger partial charge in [0.15, 0.2) is 0 Å². The molecule has 3 aromatic rings. The molecule has 2 heterocycles. The van der Waals surface area contributed by atoms with Crippen LogP contribution in [0, 0.1) is 0 Å². The van der Waals surface area contributed by atoms with Crippen molar-refractivity contribution in [1.82, 2.24) is 14.3 Å². The van der Waals surface area contributed by atoms with E-state index in [1.54, 1.807) is 35.7 Å². The summed E-state index contributed by atoms with van der Waals surface area (Å²) in [5.74, 6) is 1.58. The fraction of sp³-hybridized carbons (Fsp3) is 0.316. The fourth-order valence-corrected chi connectivity index (χ4v) is 4.97. The molecule has 1 N–H and O–H groups in total. The van der Waals surface area contributed by atoms with Gasteiger partial charge in [0.05, 0.1) is 23.0 Å². The molecule has 1 aliphatic heterocycles. The molecule has 1 saturated heterocycles. The topological polar surface area (TPSA) is 75.3 Å². The molecule has 2 aromatic carbocycles.